The summed E-state index contributed by atoms with van der Waals surface area (Å²) in [6.07, 6.45) is 0. The van der Waals surface area contributed by atoms with Crippen molar-refractivity contribution < 1.29 is 9.59 Å². The van der Waals surface area contributed by atoms with Crippen LogP contribution < -0.4 is 21.3 Å². The van der Waals surface area contributed by atoms with Crippen LogP contribution in [0.15, 0.2) is 24.3 Å². The van der Waals surface area contributed by atoms with E-state index in [-0.39, 0.29) is 11.8 Å². The lowest BCUT2D eigenvalue weighted by molar-refractivity contribution is -0.124. The van der Waals surface area contributed by atoms with Gasteiger partial charge >= 0.3 is 6.03 Å². The number of primary amides is 1. The van der Waals surface area contributed by atoms with E-state index in [0.717, 1.165) is 11.3 Å². The molecule has 1 aromatic rings. The second kappa shape index (κ2) is 7.52. The summed E-state index contributed by atoms with van der Waals surface area (Å²) in [5.41, 5.74) is 7.18. The maximum Gasteiger partial charge on any atom is 0.312 e. The predicted molar refractivity (Wildman–Crippen MR) is 84.0 cm³/mol. The lowest BCUT2D eigenvalue weighted by Gasteiger charge is -2.20. The molecule has 3 amide bonds. The van der Waals surface area contributed by atoms with Gasteiger partial charge in [-0.15, -0.1) is 0 Å². The summed E-state index contributed by atoms with van der Waals surface area (Å²) in [5.74, 6) is -0.269. The van der Waals surface area contributed by atoms with Crippen molar-refractivity contribution in [3.63, 3.8) is 0 Å². The Morgan fingerprint density at radius 2 is 1.76 bits per heavy atom. The van der Waals surface area contributed by atoms with Crippen molar-refractivity contribution >= 4 is 17.6 Å². The normalized spacial score (nSPS) is 11.9. The summed E-state index contributed by atoms with van der Waals surface area (Å²) in [4.78, 5) is 25.0. The molecule has 116 valence electrons. The Kier molecular flexibility index (Phi) is 6.02. The van der Waals surface area contributed by atoms with Crippen molar-refractivity contribution in [2.75, 3.05) is 19.0 Å². The fraction of sp³-hybridized carbons (Fsp3) is 0.467. The van der Waals surface area contributed by atoms with Crippen molar-refractivity contribution in [2.24, 2.45) is 11.7 Å². The quantitative estimate of drug-likeness (QED) is 0.732. The molecule has 0 aromatic heterocycles. The largest absolute Gasteiger partial charge is 0.378 e. The molecule has 0 saturated carbocycles. The highest BCUT2D eigenvalue weighted by molar-refractivity contribution is 5.86. The summed E-state index contributed by atoms with van der Waals surface area (Å²) in [5, 5.41) is 5.27. The van der Waals surface area contributed by atoms with Gasteiger partial charge in [0, 0.05) is 26.3 Å². The first-order chi connectivity index (χ1) is 9.81. The molecule has 1 atom stereocenters. The van der Waals surface area contributed by atoms with Gasteiger partial charge in [0.15, 0.2) is 0 Å². The van der Waals surface area contributed by atoms with Gasteiger partial charge in [-0.05, 0) is 23.6 Å². The van der Waals surface area contributed by atoms with Crippen LogP contribution >= 0.6 is 0 Å². The van der Waals surface area contributed by atoms with Crippen molar-refractivity contribution in [2.45, 2.75) is 26.4 Å². The Balaban J connectivity index is 2.60. The number of benzene rings is 1. The Morgan fingerprint density at radius 1 is 1.19 bits per heavy atom. The topological polar surface area (TPSA) is 87.5 Å². The smallest absolute Gasteiger partial charge is 0.312 e. The van der Waals surface area contributed by atoms with Crippen LogP contribution in [0, 0.1) is 5.92 Å². The van der Waals surface area contributed by atoms with Gasteiger partial charge in [0.05, 0.1) is 0 Å². The maximum absolute atomic E-state index is 12.1. The van der Waals surface area contributed by atoms with Crippen molar-refractivity contribution in [1.29, 1.82) is 0 Å². The van der Waals surface area contributed by atoms with Crippen LogP contribution in [-0.4, -0.2) is 32.1 Å². The molecule has 0 aliphatic heterocycles. The second-order valence-corrected chi connectivity index (χ2v) is 5.51. The number of nitrogens with zero attached hydrogens (tertiary/aromatic N) is 1. The van der Waals surface area contributed by atoms with Crippen LogP contribution in [0.5, 0.6) is 0 Å². The number of carbonyl (C=O) groups is 2. The number of carbonyl (C=O) groups excluding carboxylic acids is 2. The van der Waals surface area contributed by atoms with Gasteiger partial charge in [0.1, 0.15) is 6.04 Å². The number of hydrogen-bond acceptors (Lipinski definition) is 3. The first kappa shape index (κ1) is 16.8. The molecule has 6 heteroatoms. The van der Waals surface area contributed by atoms with Gasteiger partial charge in [-0.1, -0.05) is 26.0 Å². The number of nitrogens with two attached hydrogens (primary N) is 1. The zero-order chi connectivity index (χ0) is 16.0. The first-order valence-corrected chi connectivity index (χ1v) is 6.91. The first-order valence-electron chi connectivity index (χ1n) is 6.91. The Morgan fingerprint density at radius 3 is 2.19 bits per heavy atom. The summed E-state index contributed by atoms with van der Waals surface area (Å²) >= 11 is 0. The molecule has 0 saturated heterocycles. The highest BCUT2D eigenvalue weighted by atomic mass is 16.2. The average molecular weight is 292 g/mol. The Labute approximate surface area is 125 Å². The minimum atomic E-state index is -0.695. The molecular formula is C15H24N4O2. The number of nitrogens with one attached hydrogen (secondary N) is 2. The minimum Gasteiger partial charge on any atom is -0.378 e. The maximum atomic E-state index is 12.1. The molecular weight excluding hydrogens is 268 g/mol. The summed E-state index contributed by atoms with van der Waals surface area (Å²) in [6.45, 7) is 4.12. The second-order valence-electron chi connectivity index (χ2n) is 5.51. The summed E-state index contributed by atoms with van der Waals surface area (Å²) in [6, 6.07) is 6.58. The molecule has 21 heavy (non-hydrogen) atoms. The fourth-order valence-electron chi connectivity index (χ4n) is 1.90. The van der Waals surface area contributed by atoms with E-state index in [1.807, 2.05) is 57.1 Å². The molecule has 4 N–H and O–H groups in total. The van der Waals surface area contributed by atoms with Gasteiger partial charge in [0.2, 0.25) is 5.91 Å². The third-order valence-electron chi connectivity index (χ3n) is 3.17. The van der Waals surface area contributed by atoms with E-state index in [2.05, 4.69) is 10.6 Å². The van der Waals surface area contributed by atoms with Gasteiger partial charge < -0.3 is 21.3 Å². The third-order valence-corrected chi connectivity index (χ3v) is 3.17. The third kappa shape index (κ3) is 5.33. The molecule has 0 aliphatic rings. The summed E-state index contributed by atoms with van der Waals surface area (Å²) in [7, 11) is 3.94. The molecule has 0 radical (unpaired) electrons. The van der Waals surface area contributed by atoms with Crippen LogP contribution in [0.1, 0.15) is 19.4 Å². The highest BCUT2D eigenvalue weighted by Gasteiger charge is 2.22. The lowest BCUT2D eigenvalue weighted by atomic mass is 10.0. The molecule has 0 heterocycles. The van der Waals surface area contributed by atoms with Crippen LogP contribution in [0.25, 0.3) is 0 Å². The molecule has 0 fully saturated rings. The van der Waals surface area contributed by atoms with Gasteiger partial charge in [-0.3, -0.25) is 4.79 Å². The number of amides is 3. The molecule has 0 spiro atoms. The number of rotatable bonds is 6. The SMILES string of the molecule is CC(C)[C@H](NC(N)=O)C(=O)NCc1ccc(N(C)C)cc1. The molecule has 0 aliphatic carbocycles. The number of hydrogen-bond donors (Lipinski definition) is 3. The monoisotopic (exact) mass is 292 g/mol. The molecule has 1 aromatic carbocycles. The minimum absolute atomic E-state index is 0.0337. The van der Waals surface area contributed by atoms with Gasteiger partial charge in [0.25, 0.3) is 0 Å². The predicted octanol–water partition coefficient (Wildman–Crippen LogP) is 1.06. The van der Waals surface area contributed by atoms with E-state index in [1.165, 1.54) is 0 Å². The zero-order valence-corrected chi connectivity index (χ0v) is 13.0. The van der Waals surface area contributed by atoms with Crippen molar-refractivity contribution in [3.05, 3.63) is 29.8 Å². The van der Waals surface area contributed by atoms with Crippen LogP contribution in [0.2, 0.25) is 0 Å². The van der Waals surface area contributed by atoms with E-state index in [0.29, 0.717) is 6.54 Å². The van der Waals surface area contributed by atoms with Crippen LogP contribution in [-0.2, 0) is 11.3 Å². The van der Waals surface area contributed by atoms with E-state index >= 15 is 0 Å². The van der Waals surface area contributed by atoms with Crippen molar-refractivity contribution in [3.8, 4) is 0 Å². The number of urea groups is 1. The van der Waals surface area contributed by atoms with E-state index < -0.39 is 12.1 Å². The standard InChI is InChI=1S/C15H24N4O2/c1-10(2)13(18-15(16)21)14(20)17-9-11-5-7-12(8-6-11)19(3)4/h5-8,10,13H,9H2,1-4H3,(H,17,20)(H3,16,18,21)/t13-/m0/s1. The Hall–Kier alpha value is -2.24. The lowest BCUT2D eigenvalue weighted by Crippen LogP contribution is -2.51. The average Bonchev–Trinajstić information content (AvgIpc) is 2.42. The van der Waals surface area contributed by atoms with Gasteiger partial charge in [-0.25, -0.2) is 4.79 Å². The zero-order valence-electron chi connectivity index (χ0n) is 13.0. The molecule has 6 nitrogen and oxygen atoms in total. The molecule has 1 rings (SSSR count). The molecule has 0 bridgehead atoms. The van der Waals surface area contributed by atoms with Gasteiger partial charge in [-0.2, -0.15) is 0 Å². The van der Waals surface area contributed by atoms with Crippen LogP contribution in [0.4, 0.5) is 10.5 Å². The van der Waals surface area contributed by atoms with Crippen LogP contribution in [0.3, 0.4) is 0 Å². The van der Waals surface area contributed by atoms with Crippen molar-refractivity contribution in [1.82, 2.24) is 10.6 Å². The highest BCUT2D eigenvalue weighted by Crippen LogP contribution is 2.12. The molecule has 0 unspecified atom stereocenters. The summed E-state index contributed by atoms with van der Waals surface area (Å²) < 4.78 is 0. The number of anilines is 1. The Bertz CT molecular complexity index is 483. The fourth-order valence-corrected chi connectivity index (χ4v) is 1.90. The van der Waals surface area contributed by atoms with E-state index in [9.17, 15) is 9.59 Å². The van der Waals surface area contributed by atoms with E-state index in [1.54, 1.807) is 0 Å². The van der Waals surface area contributed by atoms with E-state index in [4.69, 9.17) is 5.73 Å².